The number of hydrogen-bond acceptors (Lipinski definition) is 2. The van der Waals surface area contributed by atoms with Crippen LogP contribution in [0.3, 0.4) is 0 Å². The summed E-state index contributed by atoms with van der Waals surface area (Å²) in [6.45, 7) is 10.9. The van der Waals surface area contributed by atoms with Gasteiger partial charge in [-0.15, -0.1) is 0 Å². The lowest BCUT2D eigenvalue weighted by Gasteiger charge is -2.25. The maximum Gasteiger partial charge on any atom is 0.308 e. The standard InChI is InChI=1S/C15H23NO3/c1-10(2)9-16-12(15(3,4)5)7-6-11(14(16)19)8-13(17)18/h6-7,10H,8-9H2,1-5H3,(H,17,18). The molecule has 0 amide bonds. The molecule has 106 valence electrons. The molecular formula is C15H23NO3. The monoisotopic (exact) mass is 265 g/mol. The van der Waals surface area contributed by atoms with Crippen molar-refractivity contribution in [1.82, 2.24) is 4.57 Å². The molecule has 0 radical (unpaired) electrons. The van der Waals surface area contributed by atoms with Crippen molar-refractivity contribution in [2.75, 3.05) is 0 Å². The van der Waals surface area contributed by atoms with Gasteiger partial charge in [0.1, 0.15) is 0 Å². The van der Waals surface area contributed by atoms with Crippen LogP contribution in [0, 0.1) is 5.92 Å². The summed E-state index contributed by atoms with van der Waals surface area (Å²) in [5.74, 6) is -0.643. The maximum absolute atomic E-state index is 12.4. The number of aliphatic carboxylic acids is 1. The van der Waals surface area contributed by atoms with E-state index in [1.54, 1.807) is 10.6 Å². The highest BCUT2D eigenvalue weighted by atomic mass is 16.4. The Labute approximate surface area is 114 Å². The Bertz CT molecular complexity index is 521. The smallest absolute Gasteiger partial charge is 0.308 e. The summed E-state index contributed by atoms with van der Waals surface area (Å²) in [6.07, 6.45) is -0.221. The van der Waals surface area contributed by atoms with Gasteiger partial charge in [0.05, 0.1) is 6.42 Å². The lowest BCUT2D eigenvalue weighted by Crippen LogP contribution is -2.33. The third-order valence-corrected chi connectivity index (χ3v) is 2.91. The van der Waals surface area contributed by atoms with Gasteiger partial charge in [-0.3, -0.25) is 9.59 Å². The Morgan fingerprint density at radius 2 is 1.89 bits per heavy atom. The Kier molecular flexibility index (Phi) is 4.56. The number of hydrogen-bond donors (Lipinski definition) is 1. The molecule has 4 heteroatoms. The van der Waals surface area contributed by atoms with Gasteiger partial charge in [0, 0.05) is 23.2 Å². The zero-order chi connectivity index (χ0) is 14.8. The van der Waals surface area contributed by atoms with Crippen molar-refractivity contribution >= 4 is 5.97 Å². The molecule has 19 heavy (non-hydrogen) atoms. The summed E-state index contributed by atoms with van der Waals surface area (Å²) in [5.41, 5.74) is 0.973. The van der Waals surface area contributed by atoms with Gasteiger partial charge in [0.2, 0.25) is 0 Å². The van der Waals surface area contributed by atoms with E-state index in [0.29, 0.717) is 18.0 Å². The molecule has 0 aliphatic rings. The first-order chi connectivity index (χ1) is 8.62. The topological polar surface area (TPSA) is 59.3 Å². The first-order valence-corrected chi connectivity index (χ1v) is 6.58. The van der Waals surface area contributed by atoms with Gasteiger partial charge >= 0.3 is 5.97 Å². The molecule has 0 atom stereocenters. The van der Waals surface area contributed by atoms with Gasteiger partial charge < -0.3 is 9.67 Å². The fourth-order valence-electron chi connectivity index (χ4n) is 2.12. The van der Waals surface area contributed by atoms with Crippen molar-refractivity contribution in [1.29, 1.82) is 0 Å². The van der Waals surface area contributed by atoms with Crippen LogP contribution in [0.1, 0.15) is 45.9 Å². The van der Waals surface area contributed by atoms with Crippen LogP contribution in [-0.4, -0.2) is 15.6 Å². The summed E-state index contributed by atoms with van der Waals surface area (Å²) in [7, 11) is 0. The van der Waals surface area contributed by atoms with Crippen LogP contribution < -0.4 is 5.56 Å². The van der Waals surface area contributed by atoms with E-state index in [4.69, 9.17) is 5.11 Å². The van der Waals surface area contributed by atoms with E-state index in [-0.39, 0.29) is 17.4 Å². The SMILES string of the molecule is CC(C)Cn1c(C(C)(C)C)ccc(CC(=O)O)c1=O. The molecule has 0 aliphatic carbocycles. The van der Waals surface area contributed by atoms with Crippen molar-refractivity contribution in [3.63, 3.8) is 0 Å². The number of pyridine rings is 1. The molecule has 1 aromatic rings. The zero-order valence-electron chi connectivity index (χ0n) is 12.4. The zero-order valence-corrected chi connectivity index (χ0v) is 12.4. The Morgan fingerprint density at radius 3 is 2.32 bits per heavy atom. The number of nitrogens with zero attached hydrogens (tertiary/aromatic N) is 1. The molecule has 4 nitrogen and oxygen atoms in total. The first kappa shape index (κ1) is 15.5. The Morgan fingerprint density at radius 1 is 1.32 bits per heavy atom. The molecule has 1 heterocycles. The number of aromatic nitrogens is 1. The van der Waals surface area contributed by atoms with E-state index in [9.17, 15) is 9.59 Å². The molecule has 0 fully saturated rings. The van der Waals surface area contributed by atoms with Crippen LogP contribution in [0.25, 0.3) is 0 Å². The summed E-state index contributed by atoms with van der Waals surface area (Å²) in [4.78, 5) is 23.2. The van der Waals surface area contributed by atoms with Crippen LogP contribution >= 0.6 is 0 Å². The summed E-state index contributed by atoms with van der Waals surface area (Å²) in [6, 6.07) is 3.52. The lowest BCUT2D eigenvalue weighted by molar-refractivity contribution is -0.136. The molecule has 0 spiro atoms. The minimum absolute atomic E-state index is 0.143. The van der Waals surface area contributed by atoms with Crippen LogP contribution in [0.5, 0.6) is 0 Å². The second kappa shape index (κ2) is 5.59. The van der Waals surface area contributed by atoms with Crippen molar-refractivity contribution in [3.05, 3.63) is 33.7 Å². The van der Waals surface area contributed by atoms with Crippen LogP contribution in [-0.2, 0) is 23.2 Å². The van der Waals surface area contributed by atoms with Crippen molar-refractivity contribution in [2.45, 2.75) is 53.0 Å². The second-order valence-corrected chi connectivity index (χ2v) is 6.37. The predicted molar refractivity (Wildman–Crippen MR) is 75.6 cm³/mol. The van der Waals surface area contributed by atoms with E-state index >= 15 is 0 Å². The molecule has 1 rings (SSSR count). The minimum Gasteiger partial charge on any atom is -0.481 e. The Balaban J connectivity index is 3.41. The van der Waals surface area contributed by atoms with Crippen LogP contribution in [0.2, 0.25) is 0 Å². The Hall–Kier alpha value is -1.58. The highest BCUT2D eigenvalue weighted by molar-refractivity contribution is 5.70. The van der Waals surface area contributed by atoms with E-state index in [1.807, 2.05) is 19.9 Å². The molecule has 0 saturated carbocycles. The third-order valence-electron chi connectivity index (χ3n) is 2.91. The van der Waals surface area contributed by atoms with Gasteiger partial charge in [-0.25, -0.2) is 0 Å². The quantitative estimate of drug-likeness (QED) is 0.909. The molecule has 0 bridgehead atoms. The van der Waals surface area contributed by atoms with E-state index in [1.165, 1.54) is 0 Å². The van der Waals surface area contributed by atoms with Crippen molar-refractivity contribution in [3.8, 4) is 0 Å². The molecular weight excluding hydrogens is 242 g/mol. The summed E-state index contributed by atoms with van der Waals surface area (Å²) < 4.78 is 1.73. The lowest BCUT2D eigenvalue weighted by atomic mass is 9.90. The van der Waals surface area contributed by atoms with Crippen molar-refractivity contribution < 1.29 is 9.90 Å². The molecule has 0 aromatic carbocycles. The highest BCUT2D eigenvalue weighted by Crippen LogP contribution is 2.22. The van der Waals surface area contributed by atoms with E-state index in [0.717, 1.165) is 5.69 Å². The van der Waals surface area contributed by atoms with E-state index in [2.05, 4.69) is 20.8 Å². The fourth-order valence-corrected chi connectivity index (χ4v) is 2.12. The summed E-state index contributed by atoms with van der Waals surface area (Å²) >= 11 is 0. The first-order valence-electron chi connectivity index (χ1n) is 6.58. The van der Waals surface area contributed by atoms with Gasteiger partial charge in [-0.05, 0) is 12.0 Å². The largest absolute Gasteiger partial charge is 0.481 e. The molecule has 1 N–H and O–H groups in total. The van der Waals surface area contributed by atoms with Gasteiger partial charge in [0.25, 0.3) is 5.56 Å². The summed E-state index contributed by atoms with van der Waals surface area (Å²) in [5, 5.41) is 8.85. The molecule has 1 aromatic heterocycles. The predicted octanol–water partition coefficient (Wildman–Crippen LogP) is 2.43. The molecule has 0 unspecified atom stereocenters. The number of rotatable bonds is 4. The average Bonchev–Trinajstić information content (AvgIpc) is 2.20. The number of carbonyl (C=O) groups is 1. The van der Waals surface area contributed by atoms with E-state index < -0.39 is 5.97 Å². The number of carboxylic acids is 1. The second-order valence-electron chi connectivity index (χ2n) is 6.37. The van der Waals surface area contributed by atoms with Gasteiger partial charge in [-0.1, -0.05) is 40.7 Å². The van der Waals surface area contributed by atoms with Gasteiger partial charge in [-0.2, -0.15) is 0 Å². The highest BCUT2D eigenvalue weighted by Gasteiger charge is 2.21. The van der Waals surface area contributed by atoms with Crippen molar-refractivity contribution in [2.24, 2.45) is 5.92 Å². The third kappa shape index (κ3) is 3.94. The molecule has 0 aliphatic heterocycles. The van der Waals surface area contributed by atoms with Gasteiger partial charge in [0.15, 0.2) is 0 Å². The van der Waals surface area contributed by atoms with Crippen LogP contribution in [0.15, 0.2) is 16.9 Å². The normalized spacial score (nSPS) is 11.9. The fraction of sp³-hybridized carbons (Fsp3) is 0.600. The number of carboxylic acid groups (broad SMARTS) is 1. The minimum atomic E-state index is -0.975. The van der Waals surface area contributed by atoms with Crippen LogP contribution in [0.4, 0.5) is 0 Å². The maximum atomic E-state index is 12.4. The average molecular weight is 265 g/mol. The molecule has 0 saturated heterocycles.